The van der Waals surface area contributed by atoms with Crippen LogP contribution in [0, 0.1) is 23.7 Å². The minimum Gasteiger partial charge on any atom is -0.311 e. The monoisotopic (exact) mass is 281 g/mol. The van der Waals surface area contributed by atoms with Crippen molar-refractivity contribution in [1.82, 2.24) is 5.32 Å². The lowest BCUT2D eigenvalue weighted by Gasteiger charge is -2.57. The highest BCUT2D eigenvalue weighted by Crippen LogP contribution is 2.56. The maximum absolute atomic E-state index is 4.09. The number of nitrogens with one attached hydrogen (secondary N) is 1. The molecule has 0 spiro atoms. The maximum atomic E-state index is 4.09. The highest BCUT2D eigenvalue weighted by molar-refractivity contribution is 5.25. The topological polar surface area (TPSA) is 12.0 Å². The van der Waals surface area contributed by atoms with Gasteiger partial charge in [0.05, 0.1) is 0 Å². The van der Waals surface area contributed by atoms with Crippen LogP contribution >= 0.6 is 0 Å². The van der Waals surface area contributed by atoms with Gasteiger partial charge in [-0.05, 0) is 86.6 Å². The summed E-state index contributed by atoms with van der Waals surface area (Å²) in [6.07, 6.45) is 10.5. The minimum absolute atomic E-state index is 0.554. The van der Waals surface area contributed by atoms with Gasteiger partial charge in [0.1, 0.15) is 0 Å². The van der Waals surface area contributed by atoms with Crippen molar-refractivity contribution in [1.29, 1.82) is 0 Å². The van der Waals surface area contributed by atoms with Crippen LogP contribution in [-0.4, -0.2) is 12.1 Å². The first kappa shape index (κ1) is 12.7. The van der Waals surface area contributed by atoms with E-state index in [0.29, 0.717) is 5.54 Å². The Kier molecular flexibility index (Phi) is 2.77. The average molecular weight is 281 g/mol. The molecule has 1 heteroatoms. The Morgan fingerprint density at radius 1 is 0.857 bits per heavy atom. The van der Waals surface area contributed by atoms with Crippen LogP contribution in [0.5, 0.6) is 0 Å². The largest absolute Gasteiger partial charge is 0.311 e. The summed E-state index contributed by atoms with van der Waals surface area (Å²) in [4.78, 5) is 0. The van der Waals surface area contributed by atoms with Gasteiger partial charge >= 0.3 is 0 Å². The maximum Gasteiger partial charge on any atom is 0.0189 e. The van der Waals surface area contributed by atoms with Crippen LogP contribution in [0.15, 0.2) is 30.3 Å². The van der Waals surface area contributed by atoms with Crippen molar-refractivity contribution in [3.05, 3.63) is 35.9 Å². The Balaban J connectivity index is 1.22. The van der Waals surface area contributed by atoms with Crippen LogP contribution in [0.4, 0.5) is 0 Å². The summed E-state index contributed by atoms with van der Waals surface area (Å²) >= 11 is 0. The summed E-state index contributed by atoms with van der Waals surface area (Å²) in [7, 11) is 0. The van der Waals surface area contributed by atoms with Crippen LogP contribution in [0.25, 0.3) is 0 Å². The first-order chi connectivity index (χ1) is 10.3. The van der Waals surface area contributed by atoms with Gasteiger partial charge in [0, 0.05) is 5.54 Å². The quantitative estimate of drug-likeness (QED) is 0.865. The predicted octanol–water partition coefficient (Wildman–Crippen LogP) is 4.35. The third kappa shape index (κ3) is 2.25. The van der Waals surface area contributed by atoms with E-state index in [2.05, 4.69) is 35.6 Å². The molecule has 1 nitrogen and oxygen atoms in total. The Labute approximate surface area is 128 Å². The molecule has 5 aliphatic carbocycles. The van der Waals surface area contributed by atoms with E-state index in [9.17, 15) is 0 Å². The van der Waals surface area contributed by atoms with Crippen molar-refractivity contribution in [3.63, 3.8) is 0 Å². The highest BCUT2D eigenvalue weighted by atomic mass is 15.0. The summed E-state index contributed by atoms with van der Waals surface area (Å²) in [5.41, 5.74) is 2.12. The minimum atomic E-state index is 0.554. The van der Waals surface area contributed by atoms with Gasteiger partial charge in [-0.1, -0.05) is 30.3 Å². The lowest BCUT2D eigenvalue weighted by molar-refractivity contribution is -0.0200. The molecule has 0 heterocycles. The number of benzene rings is 1. The van der Waals surface area contributed by atoms with Crippen molar-refractivity contribution < 1.29 is 0 Å². The molecule has 1 N–H and O–H groups in total. The molecule has 2 atom stereocenters. The first-order valence-corrected chi connectivity index (χ1v) is 9.10. The van der Waals surface area contributed by atoms with E-state index in [0.717, 1.165) is 29.6 Å². The zero-order valence-corrected chi connectivity index (χ0v) is 12.9. The number of hydrogen-bond acceptors (Lipinski definition) is 1. The van der Waals surface area contributed by atoms with Crippen LogP contribution in [0.1, 0.15) is 56.4 Å². The second kappa shape index (κ2) is 4.59. The van der Waals surface area contributed by atoms with E-state index in [4.69, 9.17) is 0 Å². The fourth-order valence-electron chi connectivity index (χ4n) is 6.26. The Bertz CT molecular complexity index is 485. The molecular weight excluding hydrogens is 254 g/mol. The summed E-state index contributed by atoms with van der Waals surface area (Å²) < 4.78 is 0. The van der Waals surface area contributed by atoms with E-state index in [1.807, 2.05) is 0 Å². The zero-order chi connectivity index (χ0) is 13.9. The van der Waals surface area contributed by atoms with Crippen LogP contribution < -0.4 is 5.32 Å². The fourth-order valence-corrected chi connectivity index (χ4v) is 6.26. The van der Waals surface area contributed by atoms with Gasteiger partial charge in [0.2, 0.25) is 0 Å². The molecule has 112 valence electrons. The lowest BCUT2D eigenvalue weighted by atomic mass is 9.53. The summed E-state index contributed by atoms with van der Waals surface area (Å²) in [5, 5.41) is 4.09. The van der Waals surface area contributed by atoms with Gasteiger partial charge in [-0.3, -0.25) is 0 Å². The Hall–Kier alpha value is -0.820. The average Bonchev–Trinajstić information content (AvgIpc) is 3.24. The van der Waals surface area contributed by atoms with Crippen molar-refractivity contribution in [2.75, 3.05) is 6.54 Å². The van der Waals surface area contributed by atoms with Crippen LogP contribution in [0.2, 0.25) is 0 Å². The zero-order valence-electron chi connectivity index (χ0n) is 12.9. The normalized spacial score (nSPS) is 46.8. The van der Waals surface area contributed by atoms with E-state index in [1.165, 1.54) is 32.2 Å². The van der Waals surface area contributed by atoms with E-state index >= 15 is 0 Å². The van der Waals surface area contributed by atoms with Crippen molar-refractivity contribution in [2.45, 2.75) is 56.4 Å². The Morgan fingerprint density at radius 2 is 1.48 bits per heavy atom. The molecular formula is C20H27N. The van der Waals surface area contributed by atoms with Crippen LogP contribution in [0.3, 0.4) is 0 Å². The molecule has 1 aromatic rings. The molecule has 0 unspecified atom stereocenters. The molecule has 4 bridgehead atoms. The molecule has 5 aliphatic rings. The Morgan fingerprint density at radius 3 is 2.10 bits per heavy atom. The second-order valence-corrected chi connectivity index (χ2v) is 8.59. The van der Waals surface area contributed by atoms with Gasteiger partial charge in [0.15, 0.2) is 0 Å². The summed E-state index contributed by atoms with van der Waals surface area (Å²) in [6, 6.07) is 11.1. The highest BCUT2D eigenvalue weighted by Gasteiger charge is 2.51. The van der Waals surface area contributed by atoms with E-state index < -0.39 is 0 Å². The molecule has 5 fully saturated rings. The number of rotatable bonds is 4. The van der Waals surface area contributed by atoms with Gasteiger partial charge in [-0.15, -0.1) is 0 Å². The molecule has 0 saturated heterocycles. The summed E-state index contributed by atoms with van der Waals surface area (Å²) in [5.74, 6) is 4.93. The van der Waals surface area contributed by atoms with E-state index in [-0.39, 0.29) is 0 Å². The molecule has 0 radical (unpaired) electrons. The number of hydrogen-bond donors (Lipinski definition) is 1. The van der Waals surface area contributed by atoms with Crippen molar-refractivity contribution >= 4 is 0 Å². The third-order valence-corrected chi connectivity index (χ3v) is 6.93. The predicted molar refractivity (Wildman–Crippen MR) is 86.2 cm³/mol. The van der Waals surface area contributed by atoms with Gasteiger partial charge in [0.25, 0.3) is 0 Å². The molecule has 0 amide bonds. The van der Waals surface area contributed by atoms with Crippen LogP contribution in [-0.2, 0) is 0 Å². The molecule has 5 saturated carbocycles. The molecule has 6 rings (SSSR count). The molecule has 1 aromatic carbocycles. The summed E-state index contributed by atoms with van der Waals surface area (Å²) in [6.45, 7) is 1.27. The fraction of sp³-hybridized carbons (Fsp3) is 0.700. The van der Waals surface area contributed by atoms with Gasteiger partial charge in [-0.25, -0.2) is 0 Å². The molecule has 0 aromatic heterocycles. The van der Waals surface area contributed by atoms with Gasteiger partial charge in [-0.2, -0.15) is 0 Å². The van der Waals surface area contributed by atoms with Gasteiger partial charge < -0.3 is 5.32 Å². The second-order valence-electron chi connectivity index (χ2n) is 8.59. The van der Waals surface area contributed by atoms with Crippen molar-refractivity contribution in [2.24, 2.45) is 23.7 Å². The van der Waals surface area contributed by atoms with E-state index in [1.54, 1.807) is 24.8 Å². The SMILES string of the molecule is c1ccc([C@@H]2C[C@@H]2CNC23CC4CC(CC(C4)C2)C3)cc1. The molecule has 0 aliphatic heterocycles. The van der Waals surface area contributed by atoms with Crippen molar-refractivity contribution in [3.8, 4) is 0 Å². The lowest BCUT2D eigenvalue weighted by Crippen LogP contribution is -2.58. The third-order valence-electron chi connectivity index (χ3n) is 6.93. The first-order valence-electron chi connectivity index (χ1n) is 9.10. The smallest absolute Gasteiger partial charge is 0.0189 e. The standard InChI is InChI=1S/C20H27N/c1-2-4-17(5-3-1)19-9-18(19)13-21-20-10-14-6-15(11-20)8-16(7-14)12-20/h1-5,14-16,18-19,21H,6-13H2/t14?,15?,16?,18-,19+,20?/m1/s1. The molecule has 21 heavy (non-hydrogen) atoms.